The van der Waals surface area contributed by atoms with Gasteiger partial charge in [0, 0.05) is 10.0 Å². The maximum atomic E-state index is 13.3. The normalized spacial score (nSPS) is 11.2. The number of nitrogens with two attached hydrogens (primary N) is 1. The number of rotatable bonds is 3. The van der Waals surface area contributed by atoms with Crippen molar-refractivity contribution < 1.29 is 17.6 Å². The van der Waals surface area contributed by atoms with Gasteiger partial charge >= 0.3 is 0 Å². The number of hydrogen-bond donors (Lipinski definition) is 2. The zero-order valence-electron chi connectivity index (χ0n) is 10.5. The highest BCUT2D eigenvalue weighted by molar-refractivity contribution is 9.10. The lowest BCUT2D eigenvalue weighted by Crippen LogP contribution is -2.18. The van der Waals surface area contributed by atoms with E-state index in [-0.39, 0.29) is 16.1 Å². The van der Waals surface area contributed by atoms with Crippen LogP contribution in [0.25, 0.3) is 0 Å². The Hall–Kier alpha value is -1.77. The number of sulfonamides is 1. The van der Waals surface area contributed by atoms with E-state index in [1.165, 1.54) is 30.3 Å². The molecule has 5 nitrogen and oxygen atoms in total. The molecule has 2 aromatic rings. The molecule has 0 aliphatic carbocycles. The molecule has 21 heavy (non-hydrogen) atoms. The molecule has 0 aliphatic heterocycles. The van der Waals surface area contributed by atoms with Gasteiger partial charge in [0.1, 0.15) is 10.7 Å². The predicted molar refractivity (Wildman–Crippen MR) is 79.9 cm³/mol. The lowest BCUT2D eigenvalue weighted by molar-refractivity contribution is 0.102. The number of nitrogens with one attached hydrogen (secondary N) is 1. The van der Waals surface area contributed by atoms with Crippen LogP contribution in [0.5, 0.6) is 0 Å². The Labute approximate surface area is 129 Å². The summed E-state index contributed by atoms with van der Waals surface area (Å²) in [6.45, 7) is 0. The van der Waals surface area contributed by atoms with Crippen molar-refractivity contribution in [2.24, 2.45) is 5.14 Å². The van der Waals surface area contributed by atoms with Crippen LogP contribution in [0.3, 0.4) is 0 Å². The fourth-order valence-electron chi connectivity index (χ4n) is 1.70. The van der Waals surface area contributed by atoms with E-state index >= 15 is 0 Å². The first-order valence-corrected chi connectivity index (χ1v) is 8.00. The van der Waals surface area contributed by atoms with Crippen LogP contribution in [0.1, 0.15) is 10.4 Å². The average Bonchev–Trinajstić information content (AvgIpc) is 2.37. The van der Waals surface area contributed by atoms with Crippen molar-refractivity contribution in [1.82, 2.24) is 0 Å². The Kier molecular flexibility index (Phi) is 4.40. The van der Waals surface area contributed by atoms with Gasteiger partial charge in [0.2, 0.25) is 10.0 Å². The van der Waals surface area contributed by atoms with Crippen LogP contribution in [-0.2, 0) is 10.0 Å². The number of anilines is 1. The van der Waals surface area contributed by atoms with Crippen molar-refractivity contribution >= 4 is 37.5 Å². The second kappa shape index (κ2) is 5.92. The molecule has 8 heteroatoms. The summed E-state index contributed by atoms with van der Waals surface area (Å²) in [5, 5.41) is 7.48. The molecule has 0 saturated carbocycles. The van der Waals surface area contributed by atoms with Crippen LogP contribution in [0.2, 0.25) is 0 Å². The maximum absolute atomic E-state index is 13.3. The van der Waals surface area contributed by atoms with Crippen LogP contribution in [0.4, 0.5) is 10.1 Å². The summed E-state index contributed by atoms with van der Waals surface area (Å²) < 4.78 is 36.5. The van der Waals surface area contributed by atoms with Crippen molar-refractivity contribution in [3.05, 3.63) is 58.3 Å². The monoisotopic (exact) mass is 372 g/mol. The molecule has 0 radical (unpaired) electrons. The molecule has 2 rings (SSSR count). The van der Waals surface area contributed by atoms with Crippen LogP contribution in [0, 0.1) is 5.82 Å². The summed E-state index contributed by atoms with van der Waals surface area (Å²) in [5.41, 5.74) is 0.0801. The molecule has 0 unspecified atom stereocenters. The SMILES string of the molecule is NS(=O)(=O)c1ccccc1NC(=O)c1cc(F)cc(Br)c1. The summed E-state index contributed by atoms with van der Waals surface area (Å²) >= 11 is 3.08. The molecule has 3 N–H and O–H groups in total. The van der Waals surface area contributed by atoms with Gasteiger partial charge in [-0.2, -0.15) is 0 Å². The summed E-state index contributed by atoms with van der Waals surface area (Å²) in [7, 11) is -3.98. The smallest absolute Gasteiger partial charge is 0.255 e. The van der Waals surface area contributed by atoms with Gasteiger partial charge in [-0.1, -0.05) is 28.1 Å². The van der Waals surface area contributed by atoms with Gasteiger partial charge in [-0.05, 0) is 30.3 Å². The number of benzene rings is 2. The van der Waals surface area contributed by atoms with Gasteiger partial charge in [-0.3, -0.25) is 4.79 Å². The predicted octanol–water partition coefficient (Wildman–Crippen LogP) is 2.49. The second-order valence-corrected chi connectivity index (χ2v) is 6.60. The van der Waals surface area contributed by atoms with Crippen LogP contribution >= 0.6 is 15.9 Å². The molecular weight excluding hydrogens is 363 g/mol. The second-order valence-electron chi connectivity index (χ2n) is 4.15. The van der Waals surface area contributed by atoms with Gasteiger partial charge in [0.25, 0.3) is 5.91 Å². The highest BCUT2D eigenvalue weighted by Gasteiger charge is 2.16. The molecular formula is C13H10BrFN2O3S. The van der Waals surface area contributed by atoms with E-state index < -0.39 is 21.7 Å². The van der Waals surface area contributed by atoms with E-state index in [4.69, 9.17) is 5.14 Å². The molecule has 0 atom stereocenters. The number of hydrogen-bond acceptors (Lipinski definition) is 3. The van der Waals surface area contributed by atoms with Gasteiger partial charge in [-0.15, -0.1) is 0 Å². The average molecular weight is 373 g/mol. The first-order chi connectivity index (χ1) is 9.77. The standard InChI is InChI=1S/C13H10BrFN2O3S/c14-9-5-8(6-10(15)7-9)13(18)17-11-3-1-2-4-12(11)21(16,19)20/h1-7H,(H,17,18)(H2,16,19,20). The topological polar surface area (TPSA) is 89.3 Å². The number of halogens is 2. The van der Waals surface area contributed by atoms with Crippen molar-refractivity contribution in [1.29, 1.82) is 0 Å². The first-order valence-electron chi connectivity index (χ1n) is 5.66. The first kappa shape index (κ1) is 15.6. The van der Waals surface area contributed by atoms with Gasteiger partial charge in [0.05, 0.1) is 5.69 Å². The number of carbonyl (C=O) groups excluding carboxylic acids is 1. The number of amides is 1. The van der Waals surface area contributed by atoms with E-state index in [1.807, 2.05) is 0 Å². The van der Waals surface area contributed by atoms with Gasteiger partial charge in [-0.25, -0.2) is 17.9 Å². The third-order valence-electron chi connectivity index (χ3n) is 2.57. The van der Waals surface area contributed by atoms with E-state index in [0.29, 0.717) is 4.47 Å². The van der Waals surface area contributed by atoms with E-state index in [0.717, 1.165) is 6.07 Å². The molecule has 2 aromatic carbocycles. The summed E-state index contributed by atoms with van der Waals surface area (Å²) in [4.78, 5) is 11.8. The van der Waals surface area contributed by atoms with Crippen molar-refractivity contribution in [3.63, 3.8) is 0 Å². The molecule has 0 spiro atoms. The van der Waals surface area contributed by atoms with E-state index in [9.17, 15) is 17.6 Å². The molecule has 0 aliphatic rings. The van der Waals surface area contributed by atoms with Crippen LogP contribution in [-0.4, -0.2) is 14.3 Å². The minimum Gasteiger partial charge on any atom is -0.321 e. The van der Waals surface area contributed by atoms with Crippen LogP contribution in [0.15, 0.2) is 51.8 Å². The maximum Gasteiger partial charge on any atom is 0.255 e. The molecule has 0 fully saturated rings. The highest BCUT2D eigenvalue weighted by atomic mass is 79.9. The fourth-order valence-corrected chi connectivity index (χ4v) is 2.86. The molecule has 0 heterocycles. The van der Waals surface area contributed by atoms with Gasteiger partial charge < -0.3 is 5.32 Å². The zero-order valence-corrected chi connectivity index (χ0v) is 12.9. The Morgan fingerprint density at radius 3 is 2.48 bits per heavy atom. The lowest BCUT2D eigenvalue weighted by Gasteiger charge is -2.09. The van der Waals surface area contributed by atoms with Crippen molar-refractivity contribution in [3.8, 4) is 0 Å². The Morgan fingerprint density at radius 1 is 1.19 bits per heavy atom. The lowest BCUT2D eigenvalue weighted by atomic mass is 10.2. The third kappa shape index (κ3) is 3.87. The van der Waals surface area contributed by atoms with E-state index in [1.54, 1.807) is 6.07 Å². The van der Waals surface area contributed by atoms with Crippen molar-refractivity contribution in [2.45, 2.75) is 4.90 Å². The Morgan fingerprint density at radius 2 is 1.86 bits per heavy atom. The Balaban J connectivity index is 2.37. The molecule has 0 saturated heterocycles. The largest absolute Gasteiger partial charge is 0.321 e. The Bertz CT molecular complexity index is 789. The molecule has 0 aromatic heterocycles. The summed E-state index contributed by atoms with van der Waals surface area (Å²) in [6, 6.07) is 9.35. The number of primary sulfonamides is 1. The molecule has 1 amide bonds. The molecule has 110 valence electrons. The van der Waals surface area contributed by atoms with Crippen LogP contribution < -0.4 is 10.5 Å². The van der Waals surface area contributed by atoms with Crippen molar-refractivity contribution in [2.75, 3.05) is 5.32 Å². The van der Waals surface area contributed by atoms with Gasteiger partial charge in [0.15, 0.2) is 0 Å². The van der Waals surface area contributed by atoms with E-state index in [2.05, 4.69) is 21.2 Å². The summed E-state index contributed by atoms with van der Waals surface area (Å²) in [5.74, 6) is -1.24. The third-order valence-corrected chi connectivity index (χ3v) is 3.99. The highest BCUT2D eigenvalue weighted by Crippen LogP contribution is 2.21. The minimum absolute atomic E-state index is 0.0328. The number of para-hydroxylation sites is 1. The minimum atomic E-state index is -3.98. The molecule has 0 bridgehead atoms. The zero-order chi connectivity index (χ0) is 15.6. The number of carbonyl (C=O) groups is 1. The fraction of sp³-hybridized carbons (Fsp3) is 0. The quantitative estimate of drug-likeness (QED) is 0.866. The summed E-state index contributed by atoms with van der Waals surface area (Å²) in [6.07, 6.45) is 0.